The molecule has 0 spiro atoms. The third-order valence-electron chi connectivity index (χ3n) is 1.86. The number of hydrogen-bond donors (Lipinski definition) is 2. The molecule has 1 amide bonds. The lowest BCUT2D eigenvalue weighted by Crippen LogP contribution is -2.38. The molecule has 0 rings (SSSR count). The summed E-state index contributed by atoms with van der Waals surface area (Å²) in [7, 11) is 0. The zero-order chi connectivity index (χ0) is 9.56. The largest absolute Gasteiger partial charge is 0.352 e. The third kappa shape index (κ3) is 4.65. The molecule has 3 heteroatoms. The number of nitrogens with one attached hydrogen (secondary N) is 1. The summed E-state index contributed by atoms with van der Waals surface area (Å²) in [6.45, 7) is 6.00. The minimum atomic E-state index is -0.198. The minimum absolute atomic E-state index is 0.0404. The standard InChI is InChI=1S/C9H19NOS/c1-4-6-8(5-2)10-9(11)7(3)12/h7-8,12H,4-6H2,1-3H3,(H,10,11). The Balaban J connectivity index is 3.77. The van der Waals surface area contributed by atoms with Crippen LogP contribution in [0.3, 0.4) is 0 Å². The van der Waals surface area contributed by atoms with Crippen molar-refractivity contribution in [3.63, 3.8) is 0 Å². The number of carbonyl (C=O) groups is 1. The Morgan fingerprint density at radius 3 is 2.42 bits per heavy atom. The topological polar surface area (TPSA) is 29.1 Å². The van der Waals surface area contributed by atoms with E-state index in [9.17, 15) is 4.79 Å². The smallest absolute Gasteiger partial charge is 0.232 e. The molecule has 0 saturated carbocycles. The molecule has 2 nitrogen and oxygen atoms in total. The maximum absolute atomic E-state index is 11.2. The van der Waals surface area contributed by atoms with E-state index in [1.165, 1.54) is 0 Å². The molecule has 0 heterocycles. The van der Waals surface area contributed by atoms with Gasteiger partial charge in [0.25, 0.3) is 0 Å². The van der Waals surface area contributed by atoms with Gasteiger partial charge in [-0.25, -0.2) is 0 Å². The van der Waals surface area contributed by atoms with Gasteiger partial charge in [-0.3, -0.25) is 4.79 Å². The van der Waals surface area contributed by atoms with Gasteiger partial charge < -0.3 is 5.32 Å². The zero-order valence-electron chi connectivity index (χ0n) is 8.13. The van der Waals surface area contributed by atoms with Crippen LogP contribution in [-0.2, 0) is 4.79 Å². The molecule has 12 heavy (non-hydrogen) atoms. The molecule has 0 aromatic rings. The molecule has 1 N–H and O–H groups in total. The quantitative estimate of drug-likeness (QED) is 0.636. The van der Waals surface area contributed by atoms with Crippen LogP contribution in [0.25, 0.3) is 0 Å². The van der Waals surface area contributed by atoms with Crippen molar-refractivity contribution in [3.05, 3.63) is 0 Å². The molecule has 0 bridgehead atoms. The highest BCUT2D eigenvalue weighted by Gasteiger charge is 2.12. The van der Waals surface area contributed by atoms with Gasteiger partial charge in [-0.15, -0.1) is 0 Å². The minimum Gasteiger partial charge on any atom is -0.352 e. The fraction of sp³-hybridized carbons (Fsp3) is 0.889. The molecule has 0 aliphatic carbocycles. The number of carbonyl (C=O) groups excluding carboxylic acids is 1. The highest BCUT2D eigenvalue weighted by atomic mass is 32.1. The van der Waals surface area contributed by atoms with Crippen LogP contribution in [0.15, 0.2) is 0 Å². The molecule has 0 aliphatic rings. The maximum atomic E-state index is 11.2. The van der Waals surface area contributed by atoms with Crippen LogP contribution in [-0.4, -0.2) is 17.2 Å². The summed E-state index contributed by atoms with van der Waals surface area (Å²) in [4.78, 5) is 11.2. The summed E-state index contributed by atoms with van der Waals surface area (Å²) in [6.07, 6.45) is 3.17. The van der Waals surface area contributed by atoms with E-state index in [2.05, 4.69) is 31.8 Å². The van der Waals surface area contributed by atoms with Gasteiger partial charge >= 0.3 is 0 Å². The Hall–Kier alpha value is -0.180. The van der Waals surface area contributed by atoms with Gasteiger partial charge in [-0.2, -0.15) is 12.6 Å². The summed E-state index contributed by atoms with van der Waals surface area (Å²) in [6, 6.07) is 0.331. The average Bonchev–Trinajstić information content (AvgIpc) is 2.03. The zero-order valence-corrected chi connectivity index (χ0v) is 9.03. The lowest BCUT2D eigenvalue weighted by Gasteiger charge is -2.16. The molecule has 0 aromatic carbocycles. The van der Waals surface area contributed by atoms with E-state index >= 15 is 0 Å². The van der Waals surface area contributed by atoms with Crippen molar-refractivity contribution in [3.8, 4) is 0 Å². The van der Waals surface area contributed by atoms with Crippen molar-refractivity contribution < 1.29 is 4.79 Å². The monoisotopic (exact) mass is 189 g/mol. The molecular weight excluding hydrogens is 170 g/mol. The van der Waals surface area contributed by atoms with Crippen LogP contribution in [0.2, 0.25) is 0 Å². The lowest BCUT2D eigenvalue weighted by molar-refractivity contribution is -0.121. The molecule has 0 aliphatic heterocycles. The Bertz CT molecular complexity index is 136. The number of thiol groups is 1. The fourth-order valence-corrected chi connectivity index (χ4v) is 1.12. The van der Waals surface area contributed by atoms with Crippen LogP contribution >= 0.6 is 12.6 Å². The summed E-state index contributed by atoms with van der Waals surface area (Å²) in [5, 5.41) is 2.75. The Labute approximate surface area is 80.5 Å². The van der Waals surface area contributed by atoms with E-state index in [-0.39, 0.29) is 11.2 Å². The first kappa shape index (κ1) is 11.8. The predicted octanol–water partition coefficient (Wildman–Crippen LogP) is 2.00. The van der Waals surface area contributed by atoms with Crippen molar-refractivity contribution in [1.29, 1.82) is 0 Å². The molecular formula is C9H19NOS. The van der Waals surface area contributed by atoms with Crippen molar-refractivity contribution in [2.45, 2.75) is 51.3 Å². The summed E-state index contributed by atoms with van der Waals surface area (Å²) < 4.78 is 0. The normalized spacial score (nSPS) is 15.3. The Morgan fingerprint density at radius 1 is 1.50 bits per heavy atom. The molecule has 0 radical (unpaired) electrons. The van der Waals surface area contributed by atoms with Crippen LogP contribution in [0.5, 0.6) is 0 Å². The highest BCUT2D eigenvalue weighted by molar-refractivity contribution is 7.81. The van der Waals surface area contributed by atoms with E-state index in [4.69, 9.17) is 0 Å². The van der Waals surface area contributed by atoms with E-state index in [0.29, 0.717) is 6.04 Å². The van der Waals surface area contributed by atoms with E-state index in [0.717, 1.165) is 19.3 Å². The van der Waals surface area contributed by atoms with Crippen LogP contribution in [0, 0.1) is 0 Å². The second-order valence-corrected chi connectivity index (χ2v) is 3.85. The lowest BCUT2D eigenvalue weighted by atomic mass is 10.1. The summed E-state index contributed by atoms with van der Waals surface area (Å²) >= 11 is 4.06. The van der Waals surface area contributed by atoms with Gasteiger partial charge in [0.1, 0.15) is 0 Å². The third-order valence-corrected chi connectivity index (χ3v) is 2.09. The first-order chi connectivity index (χ1) is 5.61. The van der Waals surface area contributed by atoms with Gasteiger partial charge in [0.05, 0.1) is 5.25 Å². The molecule has 0 saturated heterocycles. The van der Waals surface area contributed by atoms with Crippen LogP contribution in [0.1, 0.15) is 40.0 Å². The molecule has 2 atom stereocenters. The molecule has 0 aromatic heterocycles. The molecule has 72 valence electrons. The Morgan fingerprint density at radius 2 is 2.08 bits per heavy atom. The van der Waals surface area contributed by atoms with Crippen LogP contribution < -0.4 is 5.32 Å². The fourth-order valence-electron chi connectivity index (χ4n) is 1.05. The van der Waals surface area contributed by atoms with Crippen LogP contribution in [0.4, 0.5) is 0 Å². The van der Waals surface area contributed by atoms with Gasteiger partial charge in [0, 0.05) is 6.04 Å². The van der Waals surface area contributed by atoms with Crippen molar-refractivity contribution in [1.82, 2.24) is 5.32 Å². The SMILES string of the molecule is CCCC(CC)NC(=O)C(C)S. The second-order valence-electron chi connectivity index (χ2n) is 3.08. The highest BCUT2D eigenvalue weighted by Crippen LogP contribution is 2.02. The van der Waals surface area contributed by atoms with E-state index in [1.54, 1.807) is 6.92 Å². The molecule has 2 unspecified atom stereocenters. The summed E-state index contributed by atoms with van der Waals surface area (Å²) in [5.74, 6) is 0.0404. The number of hydrogen-bond acceptors (Lipinski definition) is 2. The van der Waals surface area contributed by atoms with Gasteiger partial charge in [0.15, 0.2) is 0 Å². The first-order valence-corrected chi connectivity index (χ1v) is 5.11. The van der Waals surface area contributed by atoms with E-state index in [1.807, 2.05) is 0 Å². The van der Waals surface area contributed by atoms with Gasteiger partial charge in [-0.05, 0) is 19.8 Å². The summed E-state index contributed by atoms with van der Waals surface area (Å²) in [5.41, 5.74) is 0. The van der Waals surface area contributed by atoms with Gasteiger partial charge in [-0.1, -0.05) is 20.3 Å². The molecule has 0 fully saturated rings. The predicted molar refractivity (Wildman–Crippen MR) is 55.6 cm³/mol. The first-order valence-electron chi connectivity index (χ1n) is 4.60. The van der Waals surface area contributed by atoms with Gasteiger partial charge in [0.2, 0.25) is 5.91 Å². The number of rotatable bonds is 5. The van der Waals surface area contributed by atoms with Crippen molar-refractivity contribution in [2.75, 3.05) is 0 Å². The van der Waals surface area contributed by atoms with Crippen molar-refractivity contribution >= 4 is 18.5 Å². The van der Waals surface area contributed by atoms with E-state index < -0.39 is 0 Å². The maximum Gasteiger partial charge on any atom is 0.232 e. The average molecular weight is 189 g/mol. The van der Waals surface area contributed by atoms with Crippen molar-refractivity contribution in [2.24, 2.45) is 0 Å². The Kier molecular flexibility index (Phi) is 6.25. The second kappa shape index (κ2) is 6.35. The number of amides is 1.